The smallest absolute Gasteiger partial charge is 0.321 e. The van der Waals surface area contributed by atoms with Gasteiger partial charge in [0.25, 0.3) is 0 Å². The molecule has 1 aliphatic rings. The van der Waals surface area contributed by atoms with Crippen molar-refractivity contribution in [3.63, 3.8) is 0 Å². The SMILES string of the molecule is CNC(=O)NC(=O)CN1CCN(c2ccc(C(C)=O)cc2F)CC1. The number of nitrogens with one attached hydrogen (secondary N) is 2. The highest BCUT2D eigenvalue weighted by atomic mass is 19.1. The van der Waals surface area contributed by atoms with Gasteiger partial charge < -0.3 is 10.2 Å². The van der Waals surface area contributed by atoms with Gasteiger partial charge in [-0.1, -0.05) is 0 Å². The molecule has 1 aromatic rings. The van der Waals surface area contributed by atoms with Crippen molar-refractivity contribution < 1.29 is 18.8 Å². The Morgan fingerprint density at radius 2 is 1.83 bits per heavy atom. The van der Waals surface area contributed by atoms with Gasteiger partial charge in [-0.25, -0.2) is 9.18 Å². The summed E-state index contributed by atoms with van der Waals surface area (Å²) in [5.41, 5.74) is 0.801. The van der Waals surface area contributed by atoms with E-state index in [9.17, 15) is 18.8 Å². The quantitative estimate of drug-likeness (QED) is 0.787. The molecule has 0 saturated carbocycles. The van der Waals surface area contributed by atoms with Crippen molar-refractivity contribution in [3.05, 3.63) is 29.6 Å². The van der Waals surface area contributed by atoms with Crippen molar-refractivity contribution in [2.24, 2.45) is 0 Å². The number of rotatable bonds is 4. The third kappa shape index (κ3) is 4.51. The summed E-state index contributed by atoms with van der Waals surface area (Å²) < 4.78 is 14.2. The van der Waals surface area contributed by atoms with Crippen LogP contribution in [0.15, 0.2) is 18.2 Å². The number of anilines is 1. The summed E-state index contributed by atoms with van der Waals surface area (Å²) in [4.78, 5) is 37.8. The van der Waals surface area contributed by atoms with Gasteiger partial charge >= 0.3 is 6.03 Å². The molecule has 0 spiro atoms. The molecule has 0 aliphatic carbocycles. The molecule has 0 unspecified atom stereocenters. The lowest BCUT2D eigenvalue weighted by molar-refractivity contribution is -0.121. The fraction of sp³-hybridized carbons (Fsp3) is 0.438. The van der Waals surface area contributed by atoms with Gasteiger partial charge in [-0.2, -0.15) is 0 Å². The van der Waals surface area contributed by atoms with Crippen LogP contribution >= 0.6 is 0 Å². The minimum absolute atomic E-state index is 0.118. The molecule has 0 aromatic heterocycles. The lowest BCUT2D eigenvalue weighted by atomic mass is 10.1. The molecule has 0 radical (unpaired) electrons. The monoisotopic (exact) mass is 336 g/mol. The Kier molecular flexibility index (Phi) is 5.86. The second-order valence-corrected chi connectivity index (χ2v) is 5.61. The highest BCUT2D eigenvalue weighted by molar-refractivity contribution is 5.95. The van der Waals surface area contributed by atoms with Crippen molar-refractivity contribution in [2.75, 3.05) is 44.7 Å². The molecular weight excluding hydrogens is 315 g/mol. The Morgan fingerprint density at radius 3 is 2.38 bits per heavy atom. The van der Waals surface area contributed by atoms with Crippen molar-refractivity contribution in [2.45, 2.75) is 6.92 Å². The highest BCUT2D eigenvalue weighted by Gasteiger charge is 2.21. The van der Waals surface area contributed by atoms with Gasteiger partial charge in [0.1, 0.15) is 5.82 Å². The molecule has 7 nitrogen and oxygen atoms in total. The first kappa shape index (κ1) is 17.9. The Hall–Kier alpha value is -2.48. The van der Waals surface area contributed by atoms with Crippen molar-refractivity contribution >= 4 is 23.4 Å². The van der Waals surface area contributed by atoms with Crippen LogP contribution in [0.4, 0.5) is 14.9 Å². The normalized spacial score (nSPS) is 15.0. The summed E-state index contributed by atoms with van der Waals surface area (Å²) in [7, 11) is 1.44. The van der Waals surface area contributed by atoms with Crippen LogP contribution in [0.2, 0.25) is 0 Å². The van der Waals surface area contributed by atoms with E-state index in [1.807, 2.05) is 9.80 Å². The maximum atomic E-state index is 14.2. The number of ketones is 1. The van der Waals surface area contributed by atoms with Crippen LogP contribution < -0.4 is 15.5 Å². The number of carbonyl (C=O) groups is 3. The van der Waals surface area contributed by atoms with E-state index in [-0.39, 0.29) is 18.2 Å². The molecule has 0 bridgehead atoms. The fourth-order valence-electron chi connectivity index (χ4n) is 2.56. The van der Waals surface area contributed by atoms with Crippen LogP contribution in [0.1, 0.15) is 17.3 Å². The molecule has 1 aliphatic heterocycles. The largest absolute Gasteiger partial charge is 0.367 e. The zero-order chi connectivity index (χ0) is 17.7. The second-order valence-electron chi connectivity index (χ2n) is 5.61. The molecule has 0 atom stereocenters. The summed E-state index contributed by atoms with van der Waals surface area (Å²) in [6, 6.07) is 3.94. The summed E-state index contributed by atoms with van der Waals surface area (Å²) in [5.74, 6) is -0.972. The molecule has 1 aromatic carbocycles. The molecule has 2 rings (SSSR count). The van der Waals surface area contributed by atoms with Gasteiger partial charge in [0.2, 0.25) is 5.91 Å². The zero-order valence-corrected chi connectivity index (χ0v) is 13.8. The maximum absolute atomic E-state index is 14.2. The van der Waals surface area contributed by atoms with Crippen LogP contribution in [0.3, 0.4) is 0 Å². The zero-order valence-electron chi connectivity index (χ0n) is 13.8. The fourth-order valence-corrected chi connectivity index (χ4v) is 2.56. The van der Waals surface area contributed by atoms with Crippen LogP contribution in [0.5, 0.6) is 0 Å². The third-order valence-corrected chi connectivity index (χ3v) is 3.91. The second kappa shape index (κ2) is 7.87. The first-order valence-corrected chi connectivity index (χ1v) is 7.70. The average molecular weight is 336 g/mol. The molecule has 8 heteroatoms. The molecule has 3 amide bonds. The van der Waals surface area contributed by atoms with Crippen molar-refractivity contribution in [1.82, 2.24) is 15.5 Å². The lowest BCUT2D eigenvalue weighted by Gasteiger charge is -2.35. The molecule has 1 fully saturated rings. The number of piperazine rings is 1. The van der Waals surface area contributed by atoms with E-state index in [1.54, 1.807) is 12.1 Å². The van der Waals surface area contributed by atoms with E-state index in [1.165, 1.54) is 20.0 Å². The summed E-state index contributed by atoms with van der Waals surface area (Å²) in [6.45, 7) is 3.79. The molecule has 1 heterocycles. The number of nitrogens with zero attached hydrogens (tertiary/aromatic N) is 2. The number of benzene rings is 1. The number of hydrogen-bond acceptors (Lipinski definition) is 5. The van der Waals surface area contributed by atoms with E-state index in [2.05, 4.69) is 10.6 Å². The van der Waals surface area contributed by atoms with Crippen molar-refractivity contribution in [1.29, 1.82) is 0 Å². The molecule has 1 saturated heterocycles. The Bertz CT molecular complexity index is 642. The standard InChI is InChI=1S/C16H21FN4O3/c1-11(22)12-3-4-14(13(17)9-12)21-7-5-20(6-8-21)10-15(23)19-16(24)18-2/h3-4,9H,5-8,10H2,1-2H3,(H2,18,19,23,24). The van der Waals surface area contributed by atoms with Gasteiger partial charge in [0, 0.05) is 38.8 Å². The Morgan fingerprint density at radius 1 is 1.17 bits per heavy atom. The predicted octanol–water partition coefficient (Wildman–Crippen LogP) is 0.606. The minimum Gasteiger partial charge on any atom is -0.367 e. The highest BCUT2D eigenvalue weighted by Crippen LogP contribution is 2.22. The number of hydrogen-bond donors (Lipinski definition) is 2. The van der Waals surface area contributed by atoms with Gasteiger partial charge in [-0.3, -0.25) is 19.8 Å². The predicted molar refractivity (Wildman–Crippen MR) is 87.7 cm³/mol. The van der Waals surface area contributed by atoms with Gasteiger partial charge in [0.05, 0.1) is 12.2 Å². The molecule has 2 N–H and O–H groups in total. The number of Topliss-reactive ketones (excluding diaryl/α,β-unsaturated/α-hetero) is 1. The van der Waals surface area contributed by atoms with E-state index in [4.69, 9.17) is 0 Å². The van der Waals surface area contributed by atoms with E-state index in [0.29, 0.717) is 37.4 Å². The number of carbonyl (C=O) groups excluding carboxylic acids is 3. The first-order chi connectivity index (χ1) is 11.4. The maximum Gasteiger partial charge on any atom is 0.321 e. The average Bonchev–Trinajstić information content (AvgIpc) is 2.55. The topological polar surface area (TPSA) is 81.8 Å². The van der Waals surface area contributed by atoms with Crippen LogP contribution in [0.25, 0.3) is 0 Å². The third-order valence-electron chi connectivity index (χ3n) is 3.91. The van der Waals surface area contributed by atoms with Crippen molar-refractivity contribution in [3.8, 4) is 0 Å². The van der Waals surface area contributed by atoms with E-state index in [0.717, 1.165) is 0 Å². The van der Waals surface area contributed by atoms with Crippen LogP contribution in [0, 0.1) is 5.82 Å². The Balaban J connectivity index is 1.90. The number of halogens is 1. The minimum atomic E-state index is -0.536. The molecule has 24 heavy (non-hydrogen) atoms. The number of amides is 3. The first-order valence-electron chi connectivity index (χ1n) is 7.70. The summed E-state index contributed by atoms with van der Waals surface area (Å²) >= 11 is 0. The summed E-state index contributed by atoms with van der Waals surface area (Å²) in [6.07, 6.45) is 0. The number of imide groups is 1. The van der Waals surface area contributed by atoms with Gasteiger partial charge in [-0.15, -0.1) is 0 Å². The Labute approximate surface area is 139 Å². The van der Waals surface area contributed by atoms with Crippen LogP contribution in [-0.4, -0.2) is 62.4 Å². The number of urea groups is 1. The van der Waals surface area contributed by atoms with Gasteiger partial charge in [0.15, 0.2) is 5.78 Å². The van der Waals surface area contributed by atoms with Crippen LogP contribution in [-0.2, 0) is 4.79 Å². The molecular formula is C16H21FN4O3. The van der Waals surface area contributed by atoms with E-state index < -0.39 is 11.8 Å². The molecule has 130 valence electrons. The van der Waals surface area contributed by atoms with E-state index >= 15 is 0 Å². The lowest BCUT2D eigenvalue weighted by Crippen LogP contribution is -2.51. The summed E-state index contributed by atoms with van der Waals surface area (Å²) in [5, 5.41) is 4.53. The van der Waals surface area contributed by atoms with Gasteiger partial charge in [-0.05, 0) is 25.1 Å².